The Labute approximate surface area is 108 Å². The van der Waals surface area contributed by atoms with E-state index in [1.54, 1.807) is 18.4 Å². The van der Waals surface area contributed by atoms with Gasteiger partial charge in [0.15, 0.2) is 5.76 Å². The van der Waals surface area contributed by atoms with E-state index >= 15 is 0 Å². The van der Waals surface area contributed by atoms with E-state index in [1.165, 1.54) is 0 Å². The average Bonchev–Trinajstić information content (AvgIpc) is 2.92. The van der Waals surface area contributed by atoms with Gasteiger partial charge in [-0.3, -0.25) is 4.79 Å². The molecule has 2 heterocycles. The fourth-order valence-electron chi connectivity index (χ4n) is 2.48. The molecule has 100 valence electrons. The summed E-state index contributed by atoms with van der Waals surface area (Å²) in [6.07, 6.45) is 4.86. The van der Waals surface area contributed by atoms with Crippen LogP contribution in [0.4, 0.5) is 0 Å². The number of hydrogen-bond donors (Lipinski definition) is 1. The number of amides is 1. The van der Waals surface area contributed by atoms with Crippen LogP contribution in [-0.4, -0.2) is 37.0 Å². The Balaban J connectivity index is 1.96. The second-order valence-electron chi connectivity index (χ2n) is 4.92. The number of carbonyl (C=O) groups excluding carboxylic acids is 1. The zero-order chi connectivity index (χ0) is 12.8. The van der Waals surface area contributed by atoms with Crippen LogP contribution in [0.3, 0.4) is 0 Å². The number of carbonyl (C=O) groups is 1. The molecule has 1 aliphatic heterocycles. The Kier molecular flexibility index (Phi) is 4.81. The van der Waals surface area contributed by atoms with Crippen molar-refractivity contribution in [2.75, 3.05) is 26.2 Å². The van der Waals surface area contributed by atoms with E-state index < -0.39 is 0 Å². The van der Waals surface area contributed by atoms with Crippen LogP contribution in [0.25, 0.3) is 0 Å². The minimum atomic E-state index is 0.0281. The van der Waals surface area contributed by atoms with Crippen molar-refractivity contribution < 1.29 is 9.21 Å². The highest BCUT2D eigenvalue weighted by atomic mass is 16.3. The minimum absolute atomic E-state index is 0.0281. The lowest BCUT2D eigenvalue weighted by Gasteiger charge is -2.29. The summed E-state index contributed by atoms with van der Waals surface area (Å²) in [5.41, 5.74) is 0. The monoisotopic (exact) mass is 250 g/mol. The van der Waals surface area contributed by atoms with Crippen molar-refractivity contribution in [2.24, 2.45) is 5.92 Å². The van der Waals surface area contributed by atoms with E-state index in [0.717, 1.165) is 45.4 Å². The van der Waals surface area contributed by atoms with Crippen molar-refractivity contribution in [2.45, 2.75) is 26.2 Å². The van der Waals surface area contributed by atoms with Crippen LogP contribution in [0.2, 0.25) is 0 Å². The van der Waals surface area contributed by atoms with Crippen molar-refractivity contribution in [1.82, 2.24) is 10.2 Å². The maximum absolute atomic E-state index is 12.3. The Morgan fingerprint density at radius 2 is 2.28 bits per heavy atom. The molecule has 1 aromatic rings. The molecule has 0 spiro atoms. The normalized spacial score (nSPS) is 16.7. The zero-order valence-corrected chi connectivity index (χ0v) is 11.0. The third kappa shape index (κ3) is 3.35. The lowest BCUT2D eigenvalue weighted by Crippen LogP contribution is -2.39. The van der Waals surface area contributed by atoms with Crippen LogP contribution >= 0.6 is 0 Å². The Hall–Kier alpha value is -1.29. The number of nitrogens with one attached hydrogen (secondary N) is 1. The molecular formula is C14H22N2O2. The standard InChI is InChI=1S/C14H22N2O2/c1-2-9-16(11-12-5-7-15-8-6-12)14(17)13-4-3-10-18-13/h3-4,10,12,15H,2,5-9,11H2,1H3. The summed E-state index contributed by atoms with van der Waals surface area (Å²) in [4.78, 5) is 14.2. The summed E-state index contributed by atoms with van der Waals surface area (Å²) in [5.74, 6) is 1.11. The Morgan fingerprint density at radius 3 is 2.89 bits per heavy atom. The first-order chi connectivity index (χ1) is 8.81. The van der Waals surface area contributed by atoms with Gasteiger partial charge in [0.2, 0.25) is 0 Å². The fourth-order valence-corrected chi connectivity index (χ4v) is 2.48. The number of hydrogen-bond acceptors (Lipinski definition) is 3. The summed E-state index contributed by atoms with van der Waals surface area (Å²) in [7, 11) is 0. The molecule has 0 unspecified atom stereocenters. The van der Waals surface area contributed by atoms with E-state index in [0.29, 0.717) is 11.7 Å². The van der Waals surface area contributed by atoms with Gasteiger partial charge in [-0.1, -0.05) is 6.92 Å². The molecule has 2 rings (SSSR count). The first-order valence-corrected chi connectivity index (χ1v) is 6.84. The molecule has 0 bridgehead atoms. The van der Waals surface area contributed by atoms with Gasteiger partial charge in [0.25, 0.3) is 5.91 Å². The van der Waals surface area contributed by atoms with E-state index in [2.05, 4.69) is 12.2 Å². The molecular weight excluding hydrogens is 228 g/mol. The molecule has 1 N–H and O–H groups in total. The smallest absolute Gasteiger partial charge is 0.289 e. The number of piperidine rings is 1. The topological polar surface area (TPSA) is 45.5 Å². The highest BCUT2D eigenvalue weighted by Crippen LogP contribution is 2.16. The molecule has 1 saturated heterocycles. The predicted octanol–water partition coefficient (Wildman–Crippen LogP) is 2.13. The van der Waals surface area contributed by atoms with Gasteiger partial charge >= 0.3 is 0 Å². The lowest BCUT2D eigenvalue weighted by atomic mass is 9.97. The number of nitrogens with zero attached hydrogens (tertiary/aromatic N) is 1. The summed E-state index contributed by atoms with van der Waals surface area (Å²) in [6.45, 7) is 5.91. The van der Waals surface area contributed by atoms with Crippen LogP contribution in [-0.2, 0) is 0 Å². The number of furan rings is 1. The number of rotatable bonds is 5. The van der Waals surface area contributed by atoms with E-state index in [-0.39, 0.29) is 5.91 Å². The van der Waals surface area contributed by atoms with Crippen molar-refractivity contribution in [3.63, 3.8) is 0 Å². The van der Waals surface area contributed by atoms with Gasteiger partial charge in [0.1, 0.15) is 0 Å². The molecule has 1 amide bonds. The molecule has 4 heteroatoms. The third-order valence-electron chi connectivity index (χ3n) is 3.45. The van der Waals surface area contributed by atoms with E-state index in [9.17, 15) is 4.79 Å². The quantitative estimate of drug-likeness (QED) is 0.870. The second-order valence-corrected chi connectivity index (χ2v) is 4.92. The van der Waals surface area contributed by atoms with Gasteiger partial charge in [-0.2, -0.15) is 0 Å². The largest absolute Gasteiger partial charge is 0.459 e. The van der Waals surface area contributed by atoms with E-state index in [4.69, 9.17) is 4.42 Å². The average molecular weight is 250 g/mol. The van der Waals surface area contributed by atoms with Crippen molar-refractivity contribution in [3.8, 4) is 0 Å². The minimum Gasteiger partial charge on any atom is -0.459 e. The van der Waals surface area contributed by atoms with E-state index in [1.807, 2.05) is 4.90 Å². The first kappa shape index (κ1) is 13.1. The SMILES string of the molecule is CCCN(CC1CCNCC1)C(=O)c1ccco1. The van der Waals surface area contributed by atoms with Crippen LogP contribution in [0, 0.1) is 5.92 Å². The maximum atomic E-state index is 12.3. The van der Waals surface area contributed by atoms with Gasteiger partial charge in [0.05, 0.1) is 6.26 Å². The molecule has 0 atom stereocenters. The molecule has 0 aliphatic carbocycles. The third-order valence-corrected chi connectivity index (χ3v) is 3.45. The van der Waals surface area contributed by atoms with Gasteiger partial charge in [-0.15, -0.1) is 0 Å². The molecule has 0 aromatic carbocycles. The highest BCUT2D eigenvalue weighted by Gasteiger charge is 2.22. The van der Waals surface area contributed by atoms with Crippen LogP contribution in [0.1, 0.15) is 36.7 Å². The summed E-state index contributed by atoms with van der Waals surface area (Å²) in [6, 6.07) is 3.51. The second kappa shape index (κ2) is 6.59. The van der Waals surface area contributed by atoms with Crippen LogP contribution < -0.4 is 5.32 Å². The van der Waals surface area contributed by atoms with Gasteiger partial charge in [-0.05, 0) is 50.4 Å². The van der Waals surface area contributed by atoms with Gasteiger partial charge in [0, 0.05) is 13.1 Å². The summed E-state index contributed by atoms with van der Waals surface area (Å²) >= 11 is 0. The molecule has 1 aromatic heterocycles. The molecule has 4 nitrogen and oxygen atoms in total. The van der Waals surface area contributed by atoms with Gasteiger partial charge < -0.3 is 14.6 Å². The highest BCUT2D eigenvalue weighted by molar-refractivity contribution is 5.91. The van der Waals surface area contributed by atoms with Crippen molar-refractivity contribution in [3.05, 3.63) is 24.2 Å². The molecule has 18 heavy (non-hydrogen) atoms. The van der Waals surface area contributed by atoms with Crippen LogP contribution in [0.5, 0.6) is 0 Å². The first-order valence-electron chi connectivity index (χ1n) is 6.84. The Morgan fingerprint density at radius 1 is 1.50 bits per heavy atom. The predicted molar refractivity (Wildman–Crippen MR) is 70.5 cm³/mol. The van der Waals surface area contributed by atoms with Crippen molar-refractivity contribution >= 4 is 5.91 Å². The summed E-state index contributed by atoms with van der Waals surface area (Å²) < 4.78 is 5.21. The molecule has 1 fully saturated rings. The molecule has 0 saturated carbocycles. The van der Waals surface area contributed by atoms with Gasteiger partial charge in [-0.25, -0.2) is 0 Å². The zero-order valence-electron chi connectivity index (χ0n) is 11.0. The summed E-state index contributed by atoms with van der Waals surface area (Å²) in [5, 5.41) is 3.35. The van der Waals surface area contributed by atoms with Crippen LogP contribution in [0.15, 0.2) is 22.8 Å². The molecule has 0 radical (unpaired) electrons. The molecule has 1 aliphatic rings. The fraction of sp³-hybridized carbons (Fsp3) is 0.643. The van der Waals surface area contributed by atoms with Crippen molar-refractivity contribution in [1.29, 1.82) is 0 Å². The maximum Gasteiger partial charge on any atom is 0.289 e. The Bertz CT molecular complexity index is 356. The lowest BCUT2D eigenvalue weighted by molar-refractivity contribution is 0.0684.